The number of hydrogen-bond donors (Lipinski definition) is 1. The van der Waals surface area contributed by atoms with E-state index in [9.17, 15) is 0 Å². The summed E-state index contributed by atoms with van der Waals surface area (Å²) in [6, 6.07) is 9.07. The molecule has 0 aliphatic carbocycles. The molecule has 2 atom stereocenters. The Morgan fingerprint density at radius 2 is 2.26 bits per heavy atom. The summed E-state index contributed by atoms with van der Waals surface area (Å²) in [5.74, 6) is 0. The Bertz CT molecular complexity index is 601. The van der Waals surface area contributed by atoms with Crippen molar-refractivity contribution in [3.05, 3.63) is 41.9 Å². The summed E-state index contributed by atoms with van der Waals surface area (Å²) >= 11 is 6.34. The van der Waals surface area contributed by atoms with E-state index >= 15 is 0 Å². The zero-order valence-electron chi connectivity index (χ0n) is 13.5. The van der Waals surface area contributed by atoms with Crippen LogP contribution in [0.25, 0.3) is 0 Å². The number of nitrogens with zero attached hydrogens (tertiary/aromatic N) is 4. The largest absolute Gasteiger partial charge is 0.369 e. The Morgan fingerprint density at radius 1 is 1.39 bits per heavy atom. The minimum Gasteiger partial charge on any atom is -0.369 e. The van der Waals surface area contributed by atoms with Crippen molar-refractivity contribution in [3.8, 4) is 0 Å². The van der Waals surface area contributed by atoms with Gasteiger partial charge in [0, 0.05) is 31.7 Å². The van der Waals surface area contributed by atoms with Gasteiger partial charge in [-0.1, -0.05) is 23.7 Å². The van der Waals surface area contributed by atoms with Crippen LogP contribution >= 0.6 is 11.6 Å². The Hall–Kier alpha value is -1.59. The van der Waals surface area contributed by atoms with E-state index in [0.29, 0.717) is 12.1 Å². The van der Waals surface area contributed by atoms with Crippen LogP contribution < -0.4 is 10.2 Å². The van der Waals surface area contributed by atoms with Crippen molar-refractivity contribution in [2.45, 2.75) is 44.8 Å². The standard InChI is InChI=1S/C17H24ClN5/c1-14(8-10-23-13-19-12-20-23)21-15-5-4-9-22(11-15)17-7-3-2-6-16(17)18/h2-3,6-7,12-15,21H,4-5,8-11H2,1H3. The molecule has 0 radical (unpaired) electrons. The normalized spacial score (nSPS) is 19.7. The van der Waals surface area contributed by atoms with Gasteiger partial charge in [0.25, 0.3) is 0 Å². The van der Waals surface area contributed by atoms with Crippen molar-refractivity contribution in [2.75, 3.05) is 18.0 Å². The van der Waals surface area contributed by atoms with E-state index in [1.807, 2.05) is 16.8 Å². The predicted octanol–water partition coefficient (Wildman–Crippen LogP) is 2.97. The summed E-state index contributed by atoms with van der Waals surface area (Å²) < 4.78 is 1.88. The first-order chi connectivity index (χ1) is 11.2. The molecule has 3 rings (SSSR count). The second-order valence-electron chi connectivity index (χ2n) is 6.25. The molecule has 5 nitrogen and oxygen atoms in total. The van der Waals surface area contributed by atoms with Crippen LogP contribution in [0.5, 0.6) is 0 Å². The van der Waals surface area contributed by atoms with Crippen molar-refractivity contribution in [1.82, 2.24) is 20.1 Å². The Balaban J connectivity index is 1.51. The van der Waals surface area contributed by atoms with Crippen LogP contribution in [0.15, 0.2) is 36.9 Å². The van der Waals surface area contributed by atoms with Gasteiger partial charge in [0.2, 0.25) is 0 Å². The molecule has 0 spiro atoms. The highest BCUT2D eigenvalue weighted by Gasteiger charge is 2.22. The third-order valence-corrected chi connectivity index (χ3v) is 4.71. The molecule has 0 saturated carbocycles. The number of anilines is 1. The summed E-state index contributed by atoms with van der Waals surface area (Å²) in [6.07, 6.45) is 6.81. The number of piperidine rings is 1. The van der Waals surface area contributed by atoms with Crippen LogP contribution in [0.3, 0.4) is 0 Å². The van der Waals surface area contributed by atoms with Crippen molar-refractivity contribution in [3.63, 3.8) is 0 Å². The lowest BCUT2D eigenvalue weighted by Gasteiger charge is -2.36. The van der Waals surface area contributed by atoms with Gasteiger partial charge in [-0.3, -0.25) is 4.68 Å². The van der Waals surface area contributed by atoms with Crippen LogP contribution in [0.4, 0.5) is 5.69 Å². The van der Waals surface area contributed by atoms with Crippen LogP contribution in [-0.2, 0) is 6.54 Å². The summed E-state index contributed by atoms with van der Waals surface area (Å²) in [7, 11) is 0. The molecule has 1 aliphatic rings. The molecule has 1 aromatic heterocycles. The minimum atomic E-state index is 0.454. The molecule has 2 aromatic rings. The number of hydrogen-bond acceptors (Lipinski definition) is 4. The fraction of sp³-hybridized carbons (Fsp3) is 0.529. The molecule has 1 N–H and O–H groups in total. The average Bonchev–Trinajstić information content (AvgIpc) is 3.07. The summed E-state index contributed by atoms with van der Waals surface area (Å²) in [5.41, 5.74) is 1.15. The van der Waals surface area contributed by atoms with Gasteiger partial charge in [0.15, 0.2) is 0 Å². The van der Waals surface area contributed by atoms with Crippen LogP contribution in [0, 0.1) is 0 Å². The second kappa shape index (κ2) is 7.79. The lowest BCUT2D eigenvalue weighted by Crippen LogP contribution is -2.48. The van der Waals surface area contributed by atoms with E-state index in [0.717, 1.165) is 36.8 Å². The molecule has 1 aliphatic heterocycles. The molecule has 124 valence electrons. The minimum absolute atomic E-state index is 0.454. The van der Waals surface area contributed by atoms with Gasteiger partial charge >= 0.3 is 0 Å². The van der Waals surface area contributed by atoms with Crippen molar-refractivity contribution < 1.29 is 0 Å². The first-order valence-electron chi connectivity index (χ1n) is 8.30. The van der Waals surface area contributed by atoms with E-state index in [1.54, 1.807) is 12.7 Å². The van der Waals surface area contributed by atoms with E-state index < -0.39 is 0 Å². The third-order valence-electron chi connectivity index (χ3n) is 4.39. The molecule has 0 bridgehead atoms. The van der Waals surface area contributed by atoms with Crippen molar-refractivity contribution >= 4 is 17.3 Å². The van der Waals surface area contributed by atoms with Gasteiger partial charge in [-0.05, 0) is 38.3 Å². The molecule has 6 heteroatoms. The molecule has 0 amide bonds. The van der Waals surface area contributed by atoms with Crippen LogP contribution in [-0.4, -0.2) is 39.9 Å². The zero-order chi connectivity index (χ0) is 16.1. The number of rotatable bonds is 6. The Labute approximate surface area is 142 Å². The molecule has 23 heavy (non-hydrogen) atoms. The summed E-state index contributed by atoms with van der Waals surface area (Å²) in [4.78, 5) is 6.38. The molecule has 2 unspecified atom stereocenters. The number of halogens is 1. The number of aromatic nitrogens is 3. The van der Waals surface area contributed by atoms with Gasteiger partial charge in [-0.25, -0.2) is 4.98 Å². The Morgan fingerprint density at radius 3 is 3.04 bits per heavy atom. The fourth-order valence-corrected chi connectivity index (χ4v) is 3.46. The topological polar surface area (TPSA) is 46.0 Å². The lowest BCUT2D eigenvalue weighted by atomic mass is 10.0. The number of para-hydroxylation sites is 1. The molecule has 1 aromatic carbocycles. The van der Waals surface area contributed by atoms with Crippen LogP contribution in [0.2, 0.25) is 5.02 Å². The van der Waals surface area contributed by atoms with Gasteiger partial charge in [0.1, 0.15) is 12.7 Å². The van der Waals surface area contributed by atoms with Gasteiger partial charge in [-0.15, -0.1) is 0 Å². The molecule has 1 saturated heterocycles. The first kappa shape index (κ1) is 16.3. The number of benzene rings is 1. The molecular weight excluding hydrogens is 310 g/mol. The van der Waals surface area contributed by atoms with E-state index in [4.69, 9.17) is 11.6 Å². The van der Waals surface area contributed by atoms with Gasteiger partial charge < -0.3 is 10.2 Å². The Kier molecular flexibility index (Phi) is 5.51. The van der Waals surface area contributed by atoms with Crippen molar-refractivity contribution in [2.24, 2.45) is 0 Å². The second-order valence-corrected chi connectivity index (χ2v) is 6.66. The average molecular weight is 334 g/mol. The number of aryl methyl sites for hydroxylation is 1. The quantitative estimate of drug-likeness (QED) is 0.882. The highest BCUT2D eigenvalue weighted by Crippen LogP contribution is 2.27. The summed E-state index contributed by atoms with van der Waals surface area (Å²) in [5, 5.41) is 8.75. The van der Waals surface area contributed by atoms with E-state index in [-0.39, 0.29) is 0 Å². The van der Waals surface area contributed by atoms with Crippen molar-refractivity contribution in [1.29, 1.82) is 0 Å². The maximum Gasteiger partial charge on any atom is 0.137 e. The van der Waals surface area contributed by atoms with E-state index in [1.165, 1.54) is 12.8 Å². The van der Waals surface area contributed by atoms with Gasteiger partial charge in [0.05, 0.1) is 10.7 Å². The van der Waals surface area contributed by atoms with Gasteiger partial charge in [-0.2, -0.15) is 5.10 Å². The molecular formula is C17H24ClN5. The molecule has 2 heterocycles. The van der Waals surface area contributed by atoms with E-state index in [2.05, 4.69) is 39.4 Å². The lowest BCUT2D eigenvalue weighted by molar-refractivity contribution is 0.360. The predicted molar refractivity (Wildman–Crippen MR) is 93.9 cm³/mol. The van der Waals surface area contributed by atoms with Crippen LogP contribution in [0.1, 0.15) is 26.2 Å². The third kappa shape index (κ3) is 4.45. The fourth-order valence-electron chi connectivity index (χ4n) is 3.20. The smallest absolute Gasteiger partial charge is 0.137 e. The maximum absolute atomic E-state index is 6.34. The SMILES string of the molecule is CC(CCn1cncn1)NC1CCCN(c2ccccc2Cl)C1. The number of nitrogens with one attached hydrogen (secondary N) is 1. The first-order valence-corrected chi connectivity index (χ1v) is 8.68. The zero-order valence-corrected chi connectivity index (χ0v) is 14.3. The molecule has 1 fully saturated rings. The monoisotopic (exact) mass is 333 g/mol. The highest BCUT2D eigenvalue weighted by atomic mass is 35.5. The summed E-state index contributed by atoms with van der Waals surface area (Å²) in [6.45, 7) is 5.23. The maximum atomic E-state index is 6.34. The highest BCUT2D eigenvalue weighted by molar-refractivity contribution is 6.33.